The summed E-state index contributed by atoms with van der Waals surface area (Å²) >= 11 is 8.95. The average molecular weight is 412 g/mol. The topological polar surface area (TPSA) is 24.5 Å². The van der Waals surface area contributed by atoms with Gasteiger partial charge in [0, 0.05) is 22.4 Å². The van der Waals surface area contributed by atoms with Crippen LogP contribution in [0.2, 0.25) is 0 Å². The van der Waals surface area contributed by atoms with Gasteiger partial charge >= 0.3 is 0 Å². The number of likely N-dealkylation sites (N-methyl/N-ethyl adjacent to an activating group) is 1. The van der Waals surface area contributed by atoms with Crippen molar-refractivity contribution >= 4 is 43.2 Å². The van der Waals surface area contributed by atoms with Crippen molar-refractivity contribution in [2.45, 2.75) is 25.5 Å². The zero-order chi connectivity index (χ0) is 13.8. The Kier molecular flexibility index (Phi) is 6.30. The second-order valence-electron chi connectivity index (χ2n) is 4.81. The fraction of sp³-hybridized carbons (Fsp3) is 0.692. The van der Waals surface area contributed by atoms with Crippen LogP contribution in [-0.4, -0.2) is 44.3 Å². The second kappa shape index (κ2) is 7.52. The predicted molar refractivity (Wildman–Crippen MR) is 88.0 cm³/mol. The van der Waals surface area contributed by atoms with Crippen molar-refractivity contribution in [1.29, 1.82) is 0 Å². The van der Waals surface area contributed by atoms with Crippen molar-refractivity contribution in [2.24, 2.45) is 0 Å². The molecule has 108 valence electrons. The van der Waals surface area contributed by atoms with Crippen molar-refractivity contribution in [3.05, 3.63) is 19.2 Å². The van der Waals surface area contributed by atoms with Crippen molar-refractivity contribution in [1.82, 2.24) is 10.2 Å². The van der Waals surface area contributed by atoms with E-state index in [0.29, 0.717) is 6.04 Å². The molecule has 0 spiro atoms. The van der Waals surface area contributed by atoms with Gasteiger partial charge in [0.15, 0.2) is 0 Å². The Labute approximate surface area is 136 Å². The van der Waals surface area contributed by atoms with Gasteiger partial charge in [-0.1, -0.05) is 6.92 Å². The Morgan fingerprint density at radius 2 is 2.32 bits per heavy atom. The fourth-order valence-corrected chi connectivity index (χ4v) is 4.67. The number of rotatable bonds is 5. The number of thiophene rings is 1. The summed E-state index contributed by atoms with van der Waals surface area (Å²) in [6, 6.07) is 2.54. The van der Waals surface area contributed by atoms with Gasteiger partial charge in [0.25, 0.3) is 0 Å². The van der Waals surface area contributed by atoms with E-state index in [2.05, 4.69) is 62.1 Å². The molecule has 2 rings (SSSR count). The molecule has 0 aromatic carbocycles. The molecule has 1 saturated heterocycles. The summed E-state index contributed by atoms with van der Waals surface area (Å²) in [5, 5.41) is 3.48. The average Bonchev–Trinajstić information content (AvgIpc) is 2.69. The highest BCUT2D eigenvalue weighted by molar-refractivity contribution is 9.13. The van der Waals surface area contributed by atoms with E-state index < -0.39 is 0 Å². The molecule has 0 bridgehead atoms. The molecule has 0 aliphatic carbocycles. The van der Waals surface area contributed by atoms with E-state index in [9.17, 15) is 0 Å². The number of halogens is 2. The molecule has 1 aliphatic rings. The van der Waals surface area contributed by atoms with Gasteiger partial charge in [-0.15, -0.1) is 11.3 Å². The van der Waals surface area contributed by atoms with Gasteiger partial charge in [0.1, 0.15) is 0 Å². The molecule has 0 saturated carbocycles. The first-order chi connectivity index (χ1) is 9.13. The van der Waals surface area contributed by atoms with Gasteiger partial charge in [-0.2, -0.15) is 0 Å². The lowest BCUT2D eigenvalue weighted by Gasteiger charge is -2.38. The Bertz CT molecular complexity index is 394. The van der Waals surface area contributed by atoms with Gasteiger partial charge < -0.3 is 10.1 Å². The summed E-state index contributed by atoms with van der Waals surface area (Å²) in [6.07, 6.45) is 1.38. The summed E-state index contributed by atoms with van der Waals surface area (Å²) in [4.78, 5) is 3.75. The molecule has 2 heterocycles. The zero-order valence-corrected chi connectivity index (χ0v) is 15.3. The summed E-state index contributed by atoms with van der Waals surface area (Å²) in [5.74, 6) is 0. The molecule has 2 atom stereocenters. The van der Waals surface area contributed by atoms with E-state index in [4.69, 9.17) is 4.74 Å². The zero-order valence-electron chi connectivity index (χ0n) is 11.3. The maximum Gasteiger partial charge on any atom is 0.0904 e. The maximum absolute atomic E-state index is 5.98. The molecule has 19 heavy (non-hydrogen) atoms. The molecule has 1 aromatic heterocycles. The first-order valence-corrected chi connectivity index (χ1v) is 9.01. The summed E-state index contributed by atoms with van der Waals surface area (Å²) in [5.41, 5.74) is 0. The van der Waals surface area contributed by atoms with Crippen molar-refractivity contribution in [3.8, 4) is 0 Å². The minimum Gasteiger partial charge on any atom is -0.374 e. The van der Waals surface area contributed by atoms with Crippen LogP contribution < -0.4 is 5.32 Å². The lowest BCUT2D eigenvalue weighted by Crippen LogP contribution is -2.47. The smallest absolute Gasteiger partial charge is 0.0904 e. The Morgan fingerprint density at radius 1 is 1.53 bits per heavy atom. The minimum absolute atomic E-state index is 0.225. The Hall–Kier alpha value is 0.540. The molecule has 1 aliphatic heterocycles. The Morgan fingerprint density at radius 3 is 2.95 bits per heavy atom. The maximum atomic E-state index is 5.98. The largest absolute Gasteiger partial charge is 0.374 e. The molecule has 1 fully saturated rings. The normalized spacial score (nSPS) is 24.8. The third kappa shape index (κ3) is 4.02. The number of hydrogen-bond acceptors (Lipinski definition) is 4. The molecule has 1 N–H and O–H groups in total. The molecule has 3 nitrogen and oxygen atoms in total. The van der Waals surface area contributed by atoms with E-state index in [1.165, 1.54) is 4.88 Å². The highest BCUT2D eigenvalue weighted by Gasteiger charge is 2.32. The fourth-order valence-electron chi connectivity index (χ4n) is 2.36. The van der Waals surface area contributed by atoms with Crippen LogP contribution in [0, 0.1) is 0 Å². The van der Waals surface area contributed by atoms with Gasteiger partial charge in [-0.25, -0.2) is 0 Å². The molecule has 6 heteroatoms. The second-order valence-corrected chi connectivity index (χ2v) is 8.07. The van der Waals surface area contributed by atoms with E-state index in [-0.39, 0.29) is 6.10 Å². The predicted octanol–water partition coefficient (Wildman–Crippen LogP) is 3.64. The minimum atomic E-state index is 0.225. The first kappa shape index (κ1) is 15.9. The number of morpholine rings is 1. The molecular formula is C13H20Br2N2OS. The molecule has 1 aromatic rings. The molecule has 0 radical (unpaired) electrons. The van der Waals surface area contributed by atoms with E-state index >= 15 is 0 Å². The van der Waals surface area contributed by atoms with Crippen LogP contribution >= 0.6 is 43.2 Å². The molecule has 0 amide bonds. The van der Waals surface area contributed by atoms with Crippen LogP contribution in [-0.2, 0) is 4.74 Å². The monoisotopic (exact) mass is 410 g/mol. The van der Waals surface area contributed by atoms with Gasteiger partial charge in [-0.3, -0.25) is 4.90 Å². The number of hydrogen-bond donors (Lipinski definition) is 1. The van der Waals surface area contributed by atoms with Gasteiger partial charge in [-0.05, 0) is 57.9 Å². The van der Waals surface area contributed by atoms with Gasteiger partial charge in [0.05, 0.1) is 22.5 Å². The lowest BCUT2D eigenvalue weighted by molar-refractivity contribution is -0.0601. The summed E-state index contributed by atoms with van der Waals surface area (Å²) < 4.78 is 8.27. The third-order valence-corrected chi connectivity index (χ3v) is 6.66. The first-order valence-electron chi connectivity index (χ1n) is 6.60. The van der Waals surface area contributed by atoms with Crippen LogP contribution in [0.15, 0.2) is 14.3 Å². The van der Waals surface area contributed by atoms with Crippen molar-refractivity contribution in [2.75, 3.05) is 33.3 Å². The summed E-state index contributed by atoms with van der Waals surface area (Å²) in [6.45, 7) is 5.96. The van der Waals surface area contributed by atoms with Crippen molar-refractivity contribution < 1.29 is 4.74 Å². The highest BCUT2D eigenvalue weighted by Crippen LogP contribution is 2.39. The van der Waals surface area contributed by atoms with Crippen LogP contribution in [0.4, 0.5) is 0 Å². The summed E-state index contributed by atoms with van der Waals surface area (Å²) in [7, 11) is 2.18. The van der Waals surface area contributed by atoms with Crippen LogP contribution in [0.25, 0.3) is 0 Å². The number of nitrogens with zero attached hydrogens (tertiary/aromatic N) is 1. The highest BCUT2D eigenvalue weighted by atomic mass is 79.9. The quantitative estimate of drug-likeness (QED) is 0.748. The number of nitrogens with one attached hydrogen (secondary N) is 1. The molecule has 2 unspecified atom stereocenters. The van der Waals surface area contributed by atoms with Crippen molar-refractivity contribution in [3.63, 3.8) is 0 Å². The van der Waals surface area contributed by atoms with Gasteiger partial charge in [0.2, 0.25) is 0 Å². The van der Waals surface area contributed by atoms with E-state index in [0.717, 1.165) is 40.9 Å². The SMILES string of the molecule is CCCNCC1OCCN(C)C1c1cc(Br)c(Br)s1. The lowest BCUT2D eigenvalue weighted by atomic mass is 10.1. The van der Waals surface area contributed by atoms with E-state index in [1.807, 2.05) is 0 Å². The standard InChI is InChI=1S/C13H20Br2N2OS/c1-3-4-16-8-10-12(17(2)5-6-18-10)11-7-9(14)13(15)19-11/h7,10,12,16H,3-6,8H2,1-2H3. The van der Waals surface area contributed by atoms with Crippen LogP contribution in [0.5, 0.6) is 0 Å². The molecular weight excluding hydrogens is 392 g/mol. The van der Waals surface area contributed by atoms with E-state index in [1.54, 1.807) is 11.3 Å². The third-order valence-electron chi connectivity index (χ3n) is 3.33. The van der Waals surface area contributed by atoms with Crippen LogP contribution in [0.1, 0.15) is 24.3 Å². The Balaban J connectivity index is 2.11. The number of ether oxygens (including phenoxy) is 1. The van der Waals surface area contributed by atoms with Crippen LogP contribution in [0.3, 0.4) is 0 Å².